The van der Waals surface area contributed by atoms with Gasteiger partial charge in [-0.1, -0.05) is 29.8 Å². The fourth-order valence-corrected chi connectivity index (χ4v) is 2.76. The van der Waals surface area contributed by atoms with Crippen LogP contribution in [0, 0.1) is 13.8 Å². The van der Waals surface area contributed by atoms with Crippen LogP contribution >= 0.6 is 0 Å². The minimum Gasteiger partial charge on any atom is -0.424 e. The van der Waals surface area contributed by atoms with Crippen molar-refractivity contribution in [3.63, 3.8) is 0 Å². The Morgan fingerprint density at radius 2 is 2.00 bits per heavy atom. The summed E-state index contributed by atoms with van der Waals surface area (Å²) in [4.78, 5) is 2.43. The van der Waals surface area contributed by atoms with Gasteiger partial charge in [0.2, 0.25) is 11.8 Å². The predicted molar refractivity (Wildman–Crippen MR) is 72.6 cm³/mol. The maximum atomic E-state index is 5.48. The second-order valence-corrected chi connectivity index (χ2v) is 5.25. The van der Waals surface area contributed by atoms with Crippen molar-refractivity contribution in [2.24, 2.45) is 0 Å². The van der Waals surface area contributed by atoms with Crippen LogP contribution in [-0.2, 0) is 6.54 Å². The minimum absolute atomic E-state index is 0.479. The fraction of sp³-hybridized carbons (Fsp3) is 0.467. The number of hydrogen-bond donors (Lipinski definition) is 0. The molecule has 1 aliphatic rings. The second kappa shape index (κ2) is 5.13. The zero-order valence-corrected chi connectivity index (χ0v) is 11.5. The SMILES string of the molecule is Cc1ccc([C@H]2CCCN2Cc2nnc(C)o2)cc1. The third-order valence-electron chi connectivity index (χ3n) is 3.73. The van der Waals surface area contributed by atoms with E-state index in [2.05, 4.69) is 46.3 Å². The summed E-state index contributed by atoms with van der Waals surface area (Å²) in [6, 6.07) is 9.31. The molecule has 2 aromatic rings. The summed E-state index contributed by atoms with van der Waals surface area (Å²) in [5, 5.41) is 7.99. The Balaban J connectivity index is 1.76. The third-order valence-corrected chi connectivity index (χ3v) is 3.73. The van der Waals surface area contributed by atoms with E-state index in [1.165, 1.54) is 24.0 Å². The highest BCUT2D eigenvalue weighted by Crippen LogP contribution is 2.32. The molecule has 0 amide bonds. The molecule has 1 fully saturated rings. The molecule has 1 aliphatic heterocycles. The lowest BCUT2D eigenvalue weighted by Crippen LogP contribution is -2.22. The van der Waals surface area contributed by atoms with Crippen LogP contribution < -0.4 is 0 Å². The molecule has 4 heteroatoms. The van der Waals surface area contributed by atoms with Crippen LogP contribution in [0.15, 0.2) is 28.7 Å². The average molecular weight is 257 g/mol. The second-order valence-electron chi connectivity index (χ2n) is 5.25. The summed E-state index contributed by atoms with van der Waals surface area (Å²) in [7, 11) is 0. The summed E-state index contributed by atoms with van der Waals surface area (Å²) in [6.07, 6.45) is 2.43. The third kappa shape index (κ3) is 2.68. The van der Waals surface area contributed by atoms with E-state index in [0.29, 0.717) is 11.9 Å². The van der Waals surface area contributed by atoms with Crippen molar-refractivity contribution in [2.45, 2.75) is 39.3 Å². The van der Waals surface area contributed by atoms with Gasteiger partial charge in [0.1, 0.15) is 0 Å². The van der Waals surface area contributed by atoms with Crippen LogP contribution in [0.25, 0.3) is 0 Å². The van der Waals surface area contributed by atoms with Crippen molar-refractivity contribution in [1.29, 1.82) is 0 Å². The normalized spacial score (nSPS) is 20.0. The van der Waals surface area contributed by atoms with E-state index in [1.807, 2.05) is 6.92 Å². The van der Waals surface area contributed by atoms with Gasteiger partial charge in [-0.3, -0.25) is 4.90 Å². The van der Waals surface area contributed by atoms with E-state index >= 15 is 0 Å². The Kier molecular flexibility index (Phi) is 3.34. The van der Waals surface area contributed by atoms with Gasteiger partial charge in [-0.05, 0) is 31.9 Å². The first-order valence-electron chi connectivity index (χ1n) is 6.82. The van der Waals surface area contributed by atoms with E-state index in [0.717, 1.165) is 19.0 Å². The van der Waals surface area contributed by atoms with Gasteiger partial charge in [0.15, 0.2) is 0 Å². The average Bonchev–Trinajstić information content (AvgIpc) is 3.00. The molecule has 1 aromatic heterocycles. The quantitative estimate of drug-likeness (QED) is 0.847. The highest BCUT2D eigenvalue weighted by molar-refractivity contribution is 5.24. The molecular formula is C15H19N3O. The van der Waals surface area contributed by atoms with Gasteiger partial charge in [0, 0.05) is 13.0 Å². The van der Waals surface area contributed by atoms with Gasteiger partial charge in [0.05, 0.1) is 6.54 Å². The summed E-state index contributed by atoms with van der Waals surface area (Å²) in [5.41, 5.74) is 2.69. The highest BCUT2D eigenvalue weighted by Gasteiger charge is 2.27. The van der Waals surface area contributed by atoms with E-state index in [1.54, 1.807) is 0 Å². The van der Waals surface area contributed by atoms with Gasteiger partial charge < -0.3 is 4.42 Å². The smallest absolute Gasteiger partial charge is 0.230 e. The number of aromatic nitrogens is 2. The van der Waals surface area contributed by atoms with Crippen LogP contribution in [-0.4, -0.2) is 21.6 Å². The number of aryl methyl sites for hydroxylation is 2. The Morgan fingerprint density at radius 3 is 2.68 bits per heavy atom. The molecule has 1 atom stereocenters. The maximum Gasteiger partial charge on any atom is 0.230 e. The first-order valence-corrected chi connectivity index (χ1v) is 6.82. The van der Waals surface area contributed by atoms with Crippen molar-refractivity contribution in [2.75, 3.05) is 6.54 Å². The number of rotatable bonds is 3. The Hall–Kier alpha value is -1.68. The lowest BCUT2D eigenvalue weighted by Gasteiger charge is -2.23. The monoisotopic (exact) mass is 257 g/mol. The van der Waals surface area contributed by atoms with Crippen LogP contribution in [0.1, 0.15) is 41.8 Å². The van der Waals surface area contributed by atoms with E-state index in [9.17, 15) is 0 Å². The predicted octanol–water partition coefficient (Wildman–Crippen LogP) is 3.02. The molecule has 1 saturated heterocycles. The van der Waals surface area contributed by atoms with Gasteiger partial charge >= 0.3 is 0 Å². The standard InChI is InChI=1S/C15H19N3O/c1-11-5-7-13(8-6-11)14-4-3-9-18(14)10-15-17-16-12(2)19-15/h5-8,14H,3-4,9-10H2,1-2H3/t14-/m1/s1. The molecule has 0 aliphatic carbocycles. The van der Waals surface area contributed by atoms with E-state index in [4.69, 9.17) is 4.42 Å². The highest BCUT2D eigenvalue weighted by atomic mass is 16.4. The maximum absolute atomic E-state index is 5.48. The lowest BCUT2D eigenvalue weighted by atomic mass is 10.0. The van der Waals surface area contributed by atoms with E-state index < -0.39 is 0 Å². The molecule has 4 nitrogen and oxygen atoms in total. The van der Waals surface area contributed by atoms with Crippen LogP contribution in [0.5, 0.6) is 0 Å². The van der Waals surface area contributed by atoms with Crippen molar-refractivity contribution >= 4 is 0 Å². The lowest BCUT2D eigenvalue weighted by molar-refractivity contribution is 0.222. The van der Waals surface area contributed by atoms with Crippen LogP contribution in [0.3, 0.4) is 0 Å². The van der Waals surface area contributed by atoms with Gasteiger partial charge in [-0.2, -0.15) is 0 Å². The summed E-state index contributed by atoms with van der Waals surface area (Å²) >= 11 is 0. The van der Waals surface area contributed by atoms with Crippen molar-refractivity contribution < 1.29 is 4.42 Å². The number of nitrogens with zero attached hydrogens (tertiary/aromatic N) is 3. The molecule has 19 heavy (non-hydrogen) atoms. The molecule has 1 aromatic carbocycles. The number of likely N-dealkylation sites (tertiary alicyclic amines) is 1. The topological polar surface area (TPSA) is 42.2 Å². The summed E-state index contributed by atoms with van der Waals surface area (Å²) in [5.74, 6) is 1.36. The minimum atomic E-state index is 0.479. The Bertz CT molecular complexity index is 547. The Labute approximate surface area is 113 Å². The van der Waals surface area contributed by atoms with Crippen molar-refractivity contribution in [3.8, 4) is 0 Å². The molecular weight excluding hydrogens is 238 g/mol. The van der Waals surface area contributed by atoms with Gasteiger partial charge in [0.25, 0.3) is 0 Å². The molecule has 0 unspecified atom stereocenters. The zero-order chi connectivity index (χ0) is 13.2. The summed E-state index contributed by atoms with van der Waals surface area (Å²) < 4.78 is 5.48. The molecule has 0 spiro atoms. The fourth-order valence-electron chi connectivity index (χ4n) is 2.76. The van der Waals surface area contributed by atoms with Crippen molar-refractivity contribution in [3.05, 3.63) is 47.2 Å². The van der Waals surface area contributed by atoms with Crippen LogP contribution in [0.4, 0.5) is 0 Å². The number of benzene rings is 1. The molecule has 0 radical (unpaired) electrons. The molecule has 0 N–H and O–H groups in total. The van der Waals surface area contributed by atoms with Crippen LogP contribution in [0.2, 0.25) is 0 Å². The molecule has 3 rings (SSSR count). The molecule has 0 saturated carbocycles. The summed E-state index contributed by atoms with van der Waals surface area (Å²) in [6.45, 7) is 5.80. The first kappa shape index (κ1) is 12.4. The molecule has 100 valence electrons. The van der Waals surface area contributed by atoms with Gasteiger partial charge in [-0.25, -0.2) is 0 Å². The first-order chi connectivity index (χ1) is 9.22. The van der Waals surface area contributed by atoms with Gasteiger partial charge in [-0.15, -0.1) is 10.2 Å². The number of hydrogen-bond acceptors (Lipinski definition) is 4. The zero-order valence-electron chi connectivity index (χ0n) is 11.5. The largest absolute Gasteiger partial charge is 0.424 e. The molecule has 2 heterocycles. The van der Waals surface area contributed by atoms with Crippen molar-refractivity contribution in [1.82, 2.24) is 15.1 Å². The van der Waals surface area contributed by atoms with E-state index in [-0.39, 0.29) is 0 Å². The molecule has 0 bridgehead atoms. The Morgan fingerprint density at radius 1 is 1.21 bits per heavy atom.